The first-order valence-corrected chi connectivity index (χ1v) is 8.64. The van der Waals surface area contributed by atoms with E-state index in [9.17, 15) is 18.3 Å². The van der Waals surface area contributed by atoms with Crippen molar-refractivity contribution in [2.45, 2.75) is 23.5 Å². The number of aliphatic hydroxyl groups is 1. The fourth-order valence-corrected chi connectivity index (χ4v) is 5.42. The van der Waals surface area contributed by atoms with Gasteiger partial charge >= 0.3 is 5.97 Å². The summed E-state index contributed by atoms with van der Waals surface area (Å²) in [6.45, 7) is -0.220. The molecule has 20 heavy (non-hydrogen) atoms. The van der Waals surface area contributed by atoms with Crippen molar-refractivity contribution in [2.75, 3.05) is 6.54 Å². The van der Waals surface area contributed by atoms with E-state index in [4.69, 9.17) is 5.11 Å². The van der Waals surface area contributed by atoms with Gasteiger partial charge in [0.2, 0.25) is 10.0 Å². The first-order valence-electron chi connectivity index (χ1n) is 5.61. The van der Waals surface area contributed by atoms with E-state index in [-0.39, 0.29) is 17.9 Å². The maximum absolute atomic E-state index is 12.5. The third-order valence-electron chi connectivity index (χ3n) is 3.00. The van der Waals surface area contributed by atoms with E-state index >= 15 is 0 Å². The van der Waals surface area contributed by atoms with Crippen LogP contribution in [0.1, 0.15) is 6.42 Å². The molecule has 1 aliphatic heterocycles. The predicted molar refractivity (Wildman–Crippen MR) is 77.8 cm³/mol. The van der Waals surface area contributed by atoms with E-state index < -0.39 is 28.1 Å². The van der Waals surface area contributed by atoms with Crippen molar-refractivity contribution < 1.29 is 23.4 Å². The summed E-state index contributed by atoms with van der Waals surface area (Å²) in [4.78, 5) is 11.1. The average Bonchev–Trinajstić information content (AvgIpc) is 2.71. The maximum atomic E-state index is 12.5. The summed E-state index contributed by atoms with van der Waals surface area (Å²) in [7, 11) is -3.99. The molecule has 6 nitrogen and oxygen atoms in total. The number of sulfonamides is 1. The number of hydrogen-bond donors (Lipinski definition) is 2. The molecule has 0 unspecified atom stereocenters. The molecule has 0 radical (unpaired) electrons. The van der Waals surface area contributed by atoms with Gasteiger partial charge in [-0.15, -0.1) is 0 Å². The number of aliphatic hydroxyl groups excluding tert-OH is 1. The van der Waals surface area contributed by atoms with Crippen molar-refractivity contribution in [1.82, 2.24) is 4.31 Å². The lowest BCUT2D eigenvalue weighted by atomic mass is 10.2. The zero-order valence-electron chi connectivity index (χ0n) is 10.0. The zero-order chi connectivity index (χ0) is 15.1. The van der Waals surface area contributed by atoms with Gasteiger partial charge in [0.25, 0.3) is 0 Å². The first kappa shape index (κ1) is 15.9. The number of halogens is 2. The van der Waals surface area contributed by atoms with Crippen LogP contribution in [-0.2, 0) is 14.8 Å². The monoisotopic (exact) mass is 427 g/mol. The highest BCUT2D eigenvalue weighted by Gasteiger charge is 2.44. The van der Waals surface area contributed by atoms with Crippen LogP contribution < -0.4 is 0 Å². The minimum absolute atomic E-state index is 0.0268. The standard InChI is InChI=1S/C11H11Br2NO5S/c12-6-1-2-10(8(13)3-6)20(18,19)14-5-7(15)4-9(14)11(16)17/h1-3,7,9,15H,4-5H2,(H,16,17)/t7-,9-/m1/s1. The zero-order valence-corrected chi connectivity index (χ0v) is 14.0. The van der Waals surface area contributed by atoms with Crippen molar-refractivity contribution in [3.63, 3.8) is 0 Å². The number of β-amino-alcohol motifs (C(OH)–C–C–N with tert-alkyl or cyclic N) is 1. The van der Waals surface area contributed by atoms with E-state index in [0.717, 1.165) is 4.31 Å². The second kappa shape index (κ2) is 5.72. The van der Waals surface area contributed by atoms with Gasteiger partial charge in [-0.1, -0.05) is 15.9 Å². The fraction of sp³-hybridized carbons (Fsp3) is 0.364. The highest BCUT2D eigenvalue weighted by Crippen LogP contribution is 2.32. The fourth-order valence-electron chi connectivity index (χ4n) is 2.09. The highest BCUT2D eigenvalue weighted by atomic mass is 79.9. The predicted octanol–water partition coefficient (Wildman–Crippen LogP) is 1.42. The smallest absolute Gasteiger partial charge is 0.322 e. The Bertz CT molecular complexity index is 648. The molecule has 1 aromatic carbocycles. The van der Waals surface area contributed by atoms with E-state index in [1.165, 1.54) is 6.07 Å². The SMILES string of the molecule is O=C(O)[C@H]1C[C@@H](O)CN1S(=O)(=O)c1ccc(Br)cc1Br. The quantitative estimate of drug-likeness (QED) is 0.759. The van der Waals surface area contributed by atoms with Crippen LogP contribution in [0, 0.1) is 0 Å². The Morgan fingerprint density at radius 2 is 2.00 bits per heavy atom. The van der Waals surface area contributed by atoms with Gasteiger partial charge < -0.3 is 10.2 Å². The molecule has 110 valence electrons. The average molecular weight is 429 g/mol. The van der Waals surface area contributed by atoms with E-state index in [2.05, 4.69) is 31.9 Å². The Balaban J connectivity index is 2.46. The summed E-state index contributed by atoms with van der Waals surface area (Å²) < 4.78 is 26.9. The molecule has 2 rings (SSSR count). The summed E-state index contributed by atoms with van der Waals surface area (Å²) in [5.41, 5.74) is 0. The van der Waals surface area contributed by atoms with Gasteiger partial charge in [-0.05, 0) is 34.1 Å². The van der Waals surface area contributed by atoms with E-state index in [0.29, 0.717) is 8.95 Å². The number of rotatable bonds is 3. The molecule has 0 saturated carbocycles. The number of nitrogens with zero attached hydrogens (tertiary/aromatic N) is 1. The van der Waals surface area contributed by atoms with E-state index in [1.54, 1.807) is 12.1 Å². The Kier molecular flexibility index (Phi) is 4.55. The summed E-state index contributed by atoms with van der Waals surface area (Å²) in [5.74, 6) is -1.27. The summed E-state index contributed by atoms with van der Waals surface area (Å²) in [6.07, 6.45) is -1.08. The first-order chi connectivity index (χ1) is 9.23. The lowest BCUT2D eigenvalue weighted by Gasteiger charge is -2.21. The van der Waals surface area contributed by atoms with Crippen LogP contribution in [0.15, 0.2) is 32.0 Å². The molecule has 0 amide bonds. The van der Waals surface area contributed by atoms with Crippen molar-refractivity contribution in [3.05, 3.63) is 27.1 Å². The number of hydrogen-bond acceptors (Lipinski definition) is 4. The van der Waals surface area contributed by atoms with Crippen LogP contribution in [0.4, 0.5) is 0 Å². The number of carboxylic acids is 1. The van der Waals surface area contributed by atoms with Gasteiger partial charge in [0.15, 0.2) is 0 Å². The van der Waals surface area contributed by atoms with Crippen molar-refractivity contribution in [2.24, 2.45) is 0 Å². The molecule has 1 fully saturated rings. The molecule has 0 spiro atoms. The minimum Gasteiger partial charge on any atom is -0.480 e. The van der Waals surface area contributed by atoms with Crippen LogP contribution in [0.25, 0.3) is 0 Å². The van der Waals surface area contributed by atoms with Gasteiger partial charge in [-0.25, -0.2) is 8.42 Å². The molecular formula is C11H11Br2NO5S. The Labute approximate surface area is 132 Å². The minimum atomic E-state index is -3.99. The molecule has 0 bridgehead atoms. The molecule has 1 heterocycles. The number of carbonyl (C=O) groups is 1. The summed E-state index contributed by atoms with van der Waals surface area (Å²) in [6, 6.07) is 3.26. The van der Waals surface area contributed by atoms with Crippen molar-refractivity contribution in [3.8, 4) is 0 Å². The lowest BCUT2D eigenvalue weighted by Crippen LogP contribution is -2.40. The summed E-state index contributed by atoms with van der Waals surface area (Å²) >= 11 is 6.37. The van der Waals surface area contributed by atoms with E-state index in [1.807, 2.05) is 0 Å². The molecule has 1 aromatic rings. The van der Waals surface area contributed by atoms with Gasteiger partial charge in [-0.3, -0.25) is 4.79 Å². The van der Waals surface area contributed by atoms with Crippen molar-refractivity contribution >= 4 is 47.9 Å². The third kappa shape index (κ3) is 2.91. The van der Waals surface area contributed by atoms with Gasteiger partial charge in [-0.2, -0.15) is 4.31 Å². The third-order valence-corrected chi connectivity index (χ3v) is 6.34. The highest BCUT2D eigenvalue weighted by molar-refractivity contribution is 9.11. The lowest BCUT2D eigenvalue weighted by molar-refractivity contribution is -0.140. The molecule has 0 aliphatic carbocycles. The van der Waals surface area contributed by atoms with Crippen LogP contribution in [0.5, 0.6) is 0 Å². The topological polar surface area (TPSA) is 94.9 Å². The number of aliphatic carboxylic acids is 1. The van der Waals surface area contributed by atoms with Crippen LogP contribution in [0.2, 0.25) is 0 Å². The maximum Gasteiger partial charge on any atom is 0.322 e. The largest absolute Gasteiger partial charge is 0.480 e. The molecular weight excluding hydrogens is 418 g/mol. The Hall–Kier alpha value is -0.480. The summed E-state index contributed by atoms with van der Waals surface area (Å²) in [5, 5.41) is 18.6. The molecule has 2 N–H and O–H groups in total. The van der Waals surface area contributed by atoms with Gasteiger partial charge in [0.05, 0.1) is 11.0 Å². The molecule has 0 aromatic heterocycles. The van der Waals surface area contributed by atoms with Crippen LogP contribution >= 0.6 is 31.9 Å². The second-order valence-corrected chi connectivity index (χ2v) is 8.02. The van der Waals surface area contributed by atoms with Crippen LogP contribution in [-0.4, -0.2) is 47.6 Å². The molecule has 1 saturated heterocycles. The number of carboxylic acid groups (broad SMARTS) is 1. The Morgan fingerprint density at radius 1 is 1.35 bits per heavy atom. The second-order valence-electron chi connectivity index (χ2n) is 4.39. The Morgan fingerprint density at radius 3 is 2.55 bits per heavy atom. The molecule has 9 heteroatoms. The van der Waals surface area contributed by atoms with Gasteiger partial charge in [0, 0.05) is 21.9 Å². The van der Waals surface area contributed by atoms with Crippen molar-refractivity contribution in [1.29, 1.82) is 0 Å². The molecule has 2 atom stereocenters. The number of benzene rings is 1. The normalized spacial score (nSPS) is 23.9. The van der Waals surface area contributed by atoms with Crippen LogP contribution in [0.3, 0.4) is 0 Å². The van der Waals surface area contributed by atoms with Gasteiger partial charge in [0.1, 0.15) is 6.04 Å². The molecule has 1 aliphatic rings.